The molecule has 1 N–H and O–H groups in total. The molecule has 0 amide bonds. The van der Waals surface area contributed by atoms with Crippen LogP contribution in [0.25, 0.3) is 0 Å². The van der Waals surface area contributed by atoms with Gasteiger partial charge in [-0.3, -0.25) is 0 Å². The van der Waals surface area contributed by atoms with Gasteiger partial charge in [0, 0.05) is 23.1 Å². The van der Waals surface area contributed by atoms with Crippen molar-refractivity contribution in [1.29, 1.82) is 0 Å². The molecule has 5 heteroatoms. The van der Waals surface area contributed by atoms with Crippen molar-refractivity contribution in [1.82, 2.24) is 10.2 Å². The standard InChI is InChI=1S/C23H22Cl2N2S/c1-17(19-10-6-3-7-11-19)26-23(28)27(15-18-8-4-2-5-9-18)16-20-12-13-21(24)14-22(20)25/h2-14,17H,15-16H2,1H3,(H,26,28)/t17-/m1/s1. The molecule has 1 atom stereocenters. The van der Waals surface area contributed by atoms with E-state index in [1.54, 1.807) is 6.07 Å². The molecule has 3 aromatic rings. The Morgan fingerprint density at radius 3 is 2.21 bits per heavy atom. The Hall–Kier alpha value is -2.07. The first kappa shape index (κ1) is 20.7. The van der Waals surface area contributed by atoms with Gasteiger partial charge in [-0.1, -0.05) is 89.9 Å². The molecule has 0 heterocycles. The highest BCUT2D eigenvalue weighted by atomic mass is 35.5. The van der Waals surface area contributed by atoms with Crippen LogP contribution in [0.1, 0.15) is 29.7 Å². The topological polar surface area (TPSA) is 15.3 Å². The van der Waals surface area contributed by atoms with Crippen molar-refractivity contribution in [3.05, 3.63) is 106 Å². The quantitative estimate of drug-likeness (QED) is 0.443. The summed E-state index contributed by atoms with van der Waals surface area (Å²) in [7, 11) is 0. The number of nitrogens with one attached hydrogen (secondary N) is 1. The summed E-state index contributed by atoms with van der Waals surface area (Å²) >= 11 is 18.2. The van der Waals surface area contributed by atoms with Crippen molar-refractivity contribution in [3.63, 3.8) is 0 Å². The Balaban J connectivity index is 1.79. The Morgan fingerprint density at radius 1 is 0.929 bits per heavy atom. The molecule has 0 bridgehead atoms. The minimum atomic E-state index is 0.104. The molecule has 0 unspecified atom stereocenters. The summed E-state index contributed by atoms with van der Waals surface area (Å²) in [6.45, 7) is 3.39. The average molecular weight is 429 g/mol. The van der Waals surface area contributed by atoms with Crippen molar-refractivity contribution >= 4 is 40.5 Å². The van der Waals surface area contributed by atoms with E-state index >= 15 is 0 Å². The number of hydrogen-bond donors (Lipinski definition) is 1. The molecule has 3 aromatic carbocycles. The molecular formula is C23H22Cl2N2S. The predicted octanol–water partition coefficient (Wildman–Crippen LogP) is 6.63. The van der Waals surface area contributed by atoms with E-state index in [2.05, 4.69) is 41.4 Å². The van der Waals surface area contributed by atoms with Gasteiger partial charge in [-0.15, -0.1) is 0 Å². The number of rotatable bonds is 6. The second-order valence-electron chi connectivity index (χ2n) is 6.66. The lowest BCUT2D eigenvalue weighted by Gasteiger charge is -2.29. The molecule has 0 aliphatic carbocycles. The minimum Gasteiger partial charge on any atom is -0.356 e. The highest BCUT2D eigenvalue weighted by molar-refractivity contribution is 7.80. The third kappa shape index (κ3) is 5.71. The fraction of sp³-hybridized carbons (Fsp3) is 0.174. The van der Waals surface area contributed by atoms with E-state index in [0.29, 0.717) is 28.2 Å². The van der Waals surface area contributed by atoms with Crippen LogP contribution in [-0.2, 0) is 13.1 Å². The van der Waals surface area contributed by atoms with E-state index in [1.165, 1.54) is 11.1 Å². The zero-order chi connectivity index (χ0) is 19.9. The maximum absolute atomic E-state index is 6.41. The summed E-state index contributed by atoms with van der Waals surface area (Å²) in [5.74, 6) is 0. The van der Waals surface area contributed by atoms with Crippen molar-refractivity contribution < 1.29 is 0 Å². The van der Waals surface area contributed by atoms with Crippen LogP contribution in [0.2, 0.25) is 10.0 Å². The van der Waals surface area contributed by atoms with Crippen LogP contribution in [0.5, 0.6) is 0 Å². The summed E-state index contributed by atoms with van der Waals surface area (Å²) in [5.41, 5.74) is 3.36. The number of hydrogen-bond acceptors (Lipinski definition) is 1. The van der Waals surface area contributed by atoms with Crippen LogP contribution in [0.15, 0.2) is 78.9 Å². The van der Waals surface area contributed by atoms with Crippen LogP contribution in [0.4, 0.5) is 0 Å². The summed E-state index contributed by atoms with van der Waals surface area (Å²) < 4.78 is 0. The van der Waals surface area contributed by atoms with E-state index in [0.717, 1.165) is 5.56 Å². The van der Waals surface area contributed by atoms with E-state index < -0.39 is 0 Å². The number of thiocarbonyl (C=S) groups is 1. The van der Waals surface area contributed by atoms with Gasteiger partial charge in [0.1, 0.15) is 0 Å². The van der Waals surface area contributed by atoms with Gasteiger partial charge >= 0.3 is 0 Å². The van der Waals surface area contributed by atoms with Gasteiger partial charge in [-0.05, 0) is 48.0 Å². The van der Waals surface area contributed by atoms with Crippen molar-refractivity contribution in [3.8, 4) is 0 Å². The molecule has 0 aliphatic heterocycles. The zero-order valence-corrected chi connectivity index (χ0v) is 17.9. The molecule has 0 saturated carbocycles. The number of halogens is 2. The van der Waals surface area contributed by atoms with Crippen molar-refractivity contribution in [2.45, 2.75) is 26.1 Å². The smallest absolute Gasteiger partial charge is 0.170 e. The summed E-state index contributed by atoms with van der Waals surface area (Å²) in [4.78, 5) is 2.12. The first-order valence-corrected chi connectivity index (χ1v) is 10.3. The molecule has 0 spiro atoms. The molecule has 0 aliphatic rings. The van der Waals surface area contributed by atoms with Gasteiger partial charge in [0.25, 0.3) is 0 Å². The zero-order valence-electron chi connectivity index (χ0n) is 15.6. The van der Waals surface area contributed by atoms with Gasteiger partial charge < -0.3 is 10.2 Å². The Morgan fingerprint density at radius 2 is 1.57 bits per heavy atom. The highest BCUT2D eigenvalue weighted by Crippen LogP contribution is 2.23. The average Bonchev–Trinajstić information content (AvgIpc) is 2.70. The van der Waals surface area contributed by atoms with Crippen molar-refractivity contribution in [2.24, 2.45) is 0 Å². The van der Waals surface area contributed by atoms with Crippen LogP contribution in [-0.4, -0.2) is 10.0 Å². The lowest BCUT2D eigenvalue weighted by molar-refractivity contribution is 0.393. The van der Waals surface area contributed by atoms with Gasteiger partial charge in [0.05, 0.1) is 6.04 Å². The Labute approximate surface area is 182 Å². The second-order valence-corrected chi connectivity index (χ2v) is 7.89. The van der Waals surface area contributed by atoms with Gasteiger partial charge in [-0.2, -0.15) is 0 Å². The van der Waals surface area contributed by atoms with Crippen LogP contribution < -0.4 is 5.32 Å². The van der Waals surface area contributed by atoms with Crippen LogP contribution in [0, 0.1) is 0 Å². The normalized spacial score (nSPS) is 11.7. The van der Waals surface area contributed by atoms with Crippen LogP contribution in [0.3, 0.4) is 0 Å². The molecule has 0 aromatic heterocycles. The third-order valence-electron chi connectivity index (χ3n) is 4.52. The fourth-order valence-electron chi connectivity index (χ4n) is 2.96. The summed E-state index contributed by atoms with van der Waals surface area (Å²) in [5, 5.41) is 5.41. The van der Waals surface area contributed by atoms with Crippen molar-refractivity contribution in [2.75, 3.05) is 0 Å². The van der Waals surface area contributed by atoms with E-state index in [1.807, 2.05) is 48.5 Å². The molecule has 144 valence electrons. The van der Waals surface area contributed by atoms with Crippen LogP contribution >= 0.6 is 35.4 Å². The maximum Gasteiger partial charge on any atom is 0.170 e. The second kappa shape index (κ2) is 9.92. The highest BCUT2D eigenvalue weighted by Gasteiger charge is 2.16. The Kier molecular flexibility index (Phi) is 7.32. The number of nitrogens with zero attached hydrogens (tertiary/aromatic N) is 1. The minimum absolute atomic E-state index is 0.104. The van der Waals surface area contributed by atoms with Gasteiger partial charge in [-0.25, -0.2) is 0 Å². The maximum atomic E-state index is 6.41. The summed E-state index contributed by atoms with van der Waals surface area (Å²) in [6, 6.07) is 26.2. The molecule has 2 nitrogen and oxygen atoms in total. The molecule has 28 heavy (non-hydrogen) atoms. The first-order chi connectivity index (χ1) is 13.5. The monoisotopic (exact) mass is 428 g/mol. The molecule has 0 saturated heterocycles. The lowest BCUT2D eigenvalue weighted by atomic mass is 10.1. The SMILES string of the molecule is C[C@@H](NC(=S)N(Cc1ccccc1)Cc1ccc(Cl)cc1Cl)c1ccccc1. The molecule has 0 radical (unpaired) electrons. The lowest BCUT2D eigenvalue weighted by Crippen LogP contribution is -2.40. The Bertz CT molecular complexity index is 916. The fourth-order valence-corrected chi connectivity index (χ4v) is 3.73. The molecule has 3 rings (SSSR count). The third-order valence-corrected chi connectivity index (χ3v) is 5.48. The van der Waals surface area contributed by atoms with E-state index in [4.69, 9.17) is 35.4 Å². The number of benzene rings is 3. The van der Waals surface area contributed by atoms with E-state index in [-0.39, 0.29) is 6.04 Å². The molecule has 0 fully saturated rings. The first-order valence-electron chi connectivity index (χ1n) is 9.11. The predicted molar refractivity (Wildman–Crippen MR) is 123 cm³/mol. The van der Waals surface area contributed by atoms with Gasteiger partial charge in [0.2, 0.25) is 0 Å². The van der Waals surface area contributed by atoms with E-state index in [9.17, 15) is 0 Å². The van der Waals surface area contributed by atoms with Gasteiger partial charge in [0.15, 0.2) is 5.11 Å². The largest absolute Gasteiger partial charge is 0.356 e. The molecular weight excluding hydrogens is 407 g/mol. The summed E-state index contributed by atoms with van der Waals surface area (Å²) in [6.07, 6.45) is 0.